The highest BCUT2D eigenvalue weighted by atomic mass is 19.2. The zero-order valence-electron chi connectivity index (χ0n) is 17.1. The van der Waals surface area contributed by atoms with Crippen LogP contribution in [0.1, 0.15) is 33.1 Å². The van der Waals surface area contributed by atoms with E-state index in [1.165, 1.54) is 0 Å². The van der Waals surface area contributed by atoms with Crippen molar-refractivity contribution in [3.8, 4) is 0 Å². The number of carbonyl (C=O) groups is 4. The van der Waals surface area contributed by atoms with Gasteiger partial charge in [-0.1, -0.05) is 13.8 Å². The Bertz CT molecular complexity index is 941. The normalized spacial score (nSPS) is 13.7. The molecule has 1 heterocycles. The van der Waals surface area contributed by atoms with E-state index >= 15 is 0 Å². The van der Waals surface area contributed by atoms with Crippen LogP contribution in [0.4, 0.5) is 28.0 Å². The quantitative estimate of drug-likeness (QED) is 0.367. The van der Waals surface area contributed by atoms with Gasteiger partial charge in [0.2, 0.25) is 5.91 Å². The summed E-state index contributed by atoms with van der Waals surface area (Å²) in [4.78, 5) is 47.4. The minimum absolute atomic E-state index is 0.0269. The summed E-state index contributed by atoms with van der Waals surface area (Å²) >= 11 is 0. The first-order valence-electron chi connectivity index (χ1n) is 9.49. The molecule has 0 atom stereocenters. The van der Waals surface area contributed by atoms with E-state index in [0.29, 0.717) is 18.9 Å². The number of halogens is 4. The van der Waals surface area contributed by atoms with Gasteiger partial charge < -0.3 is 10.1 Å². The van der Waals surface area contributed by atoms with Gasteiger partial charge in [0.25, 0.3) is 5.91 Å². The summed E-state index contributed by atoms with van der Waals surface area (Å²) in [6, 6.07) is -0.837. The van der Waals surface area contributed by atoms with Crippen LogP contribution in [0, 0.1) is 29.2 Å². The smallest absolute Gasteiger partial charge is 0.355 e. The van der Waals surface area contributed by atoms with Gasteiger partial charge in [-0.15, -0.1) is 0 Å². The van der Waals surface area contributed by atoms with Gasteiger partial charge in [0.05, 0.1) is 0 Å². The molecule has 0 aromatic heterocycles. The molecule has 2 rings (SSSR count). The maximum absolute atomic E-state index is 14.0. The highest BCUT2D eigenvalue weighted by molar-refractivity contribution is 6.38. The van der Waals surface area contributed by atoms with Crippen molar-refractivity contribution in [3.05, 3.63) is 29.3 Å². The third-order valence-electron chi connectivity index (χ3n) is 4.16. The van der Waals surface area contributed by atoms with E-state index in [2.05, 4.69) is 15.2 Å². The highest BCUT2D eigenvalue weighted by Crippen LogP contribution is 2.30. The molecular formula is C19H20F4N4O5. The molecule has 1 aliphatic rings. The number of anilines is 1. The van der Waals surface area contributed by atoms with Crippen LogP contribution in [-0.4, -0.2) is 42.7 Å². The number of imide groups is 1. The van der Waals surface area contributed by atoms with Crippen molar-refractivity contribution in [1.29, 1.82) is 0 Å². The number of nitrogens with one attached hydrogen (secondary N) is 2. The monoisotopic (exact) mass is 460 g/mol. The molecule has 0 bridgehead atoms. The molecule has 2 N–H and O–H groups in total. The summed E-state index contributed by atoms with van der Waals surface area (Å²) in [5.74, 6) is -10.2. The minimum atomic E-state index is -1.88. The number of rotatable bonds is 7. The van der Waals surface area contributed by atoms with Crippen molar-refractivity contribution in [3.63, 3.8) is 0 Å². The van der Waals surface area contributed by atoms with E-state index in [0.717, 1.165) is 0 Å². The fraction of sp³-hybridized carbons (Fsp3) is 0.421. The number of hydrogen-bond acceptors (Lipinski definition) is 6. The number of benzene rings is 1. The molecule has 0 saturated heterocycles. The van der Waals surface area contributed by atoms with Crippen LogP contribution in [-0.2, 0) is 19.1 Å². The molecular weight excluding hydrogens is 440 g/mol. The van der Waals surface area contributed by atoms with Gasteiger partial charge in [-0.25, -0.2) is 27.2 Å². The zero-order valence-corrected chi connectivity index (χ0v) is 17.1. The summed E-state index contributed by atoms with van der Waals surface area (Å²) in [6.07, 6.45) is -0.107. The first-order chi connectivity index (χ1) is 15.0. The fourth-order valence-electron chi connectivity index (χ4n) is 2.52. The molecule has 13 heteroatoms. The van der Waals surface area contributed by atoms with Gasteiger partial charge in [0, 0.05) is 25.5 Å². The molecule has 0 unspecified atom stereocenters. The highest BCUT2D eigenvalue weighted by Gasteiger charge is 2.33. The van der Waals surface area contributed by atoms with E-state index in [9.17, 15) is 36.7 Å². The van der Waals surface area contributed by atoms with E-state index in [-0.39, 0.29) is 17.5 Å². The van der Waals surface area contributed by atoms with Crippen molar-refractivity contribution in [2.45, 2.75) is 33.1 Å². The van der Waals surface area contributed by atoms with Crippen molar-refractivity contribution in [2.24, 2.45) is 11.0 Å². The molecule has 9 nitrogen and oxygen atoms in total. The average Bonchev–Trinajstić information content (AvgIpc) is 2.71. The maximum atomic E-state index is 14.0. The van der Waals surface area contributed by atoms with Crippen molar-refractivity contribution >= 4 is 35.2 Å². The van der Waals surface area contributed by atoms with Gasteiger partial charge >= 0.3 is 12.0 Å². The van der Waals surface area contributed by atoms with Crippen LogP contribution in [0.15, 0.2) is 11.2 Å². The second-order valence-electron chi connectivity index (χ2n) is 7.13. The standard InChI is InChI=1S/C19H20F4N4O5/c1-9(2)5-6-24-19(31)25-13(28)8-32-18(30)12-3-4-14(29)27(26-12)17-15(22)10(20)7-11(21)16(17)23/h7,9H,3-6,8H2,1-2H3,(H2,24,25,28,31). The Kier molecular flexibility index (Phi) is 8.27. The number of amides is 4. The number of carbonyl (C=O) groups excluding carboxylic acids is 4. The largest absolute Gasteiger partial charge is 0.451 e. The number of hydrogen-bond donors (Lipinski definition) is 2. The first-order valence-corrected chi connectivity index (χ1v) is 9.49. The van der Waals surface area contributed by atoms with Crippen LogP contribution in [0.2, 0.25) is 0 Å². The molecule has 0 saturated carbocycles. The van der Waals surface area contributed by atoms with Crippen molar-refractivity contribution < 1.29 is 41.5 Å². The zero-order chi connectivity index (χ0) is 24.0. The second-order valence-corrected chi connectivity index (χ2v) is 7.13. The predicted molar refractivity (Wildman–Crippen MR) is 102 cm³/mol. The molecule has 0 radical (unpaired) electrons. The molecule has 0 aliphatic carbocycles. The molecule has 1 aliphatic heterocycles. The van der Waals surface area contributed by atoms with E-state index in [1.54, 1.807) is 0 Å². The van der Waals surface area contributed by atoms with Gasteiger partial charge in [0.1, 0.15) is 11.4 Å². The van der Waals surface area contributed by atoms with Crippen molar-refractivity contribution in [2.75, 3.05) is 18.2 Å². The summed E-state index contributed by atoms with van der Waals surface area (Å²) in [6.45, 7) is 3.33. The number of urea groups is 1. The molecule has 174 valence electrons. The lowest BCUT2D eigenvalue weighted by molar-refractivity contribution is -0.142. The van der Waals surface area contributed by atoms with Crippen molar-refractivity contribution in [1.82, 2.24) is 10.6 Å². The predicted octanol–water partition coefficient (Wildman–Crippen LogP) is 2.14. The Morgan fingerprint density at radius 2 is 1.75 bits per heavy atom. The lowest BCUT2D eigenvalue weighted by atomic mass is 10.1. The Morgan fingerprint density at radius 3 is 2.34 bits per heavy atom. The molecule has 32 heavy (non-hydrogen) atoms. The van der Waals surface area contributed by atoms with Gasteiger partial charge in [-0.2, -0.15) is 10.1 Å². The Hall–Kier alpha value is -3.51. The maximum Gasteiger partial charge on any atom is 0.355 e. The van der Waals surface area contributed by atoms with E-state index in [4.69, 9.17) is 0 Å². The number of hydrazone groups is 1. The van der Waals surface area contributed by atoms with Crippen LogP contribution in [0.5, 0.6) is 0 Å². The van der Waals surface area contributed by atoms with Gasteiger partial charge in [0.15, 0.2) is 29.9 Å². The number of ether oxygens (including phenoxy) is 1. The third kappa shape index (κ3) is 6.25. The Morgan fingerprint density at radius 1 is 1.12 bits per heavy atom. The van der Waals surface area contributed by atoms with Crippen LogP contribution in [0.3, 0.4) is 0 Å². The molecule has 0 fully saturated rings. The van der Waals surface area contributed by atoms with Crippen LogP contribution >= 0.6 is 0 Å². The summed E-state index contributed by atoms with van der Waals surface area (Å²) in [5, 5.41) is 7.82. The summed E-state index contributed by atoms with van der Waals surface area (Å²) in [5.41, 5.74) is -1.95. The lowest BCUT2D eigenvalue weighted by Crippen LogP contribution is -2.42. The average molecular weight is 460 g/mol. The number of esters is 1. The number of nitrogens with zero attached hydrogens (tertiary/aromatic N) is 2. The Balaban J connectivity index is 2.03. The summed E-state index contributed by atoms with van der Waals surface area (Å²) in [7, 11) is 0. The fourth-order valence-corrected chi connectivity index (χ4v) is 2.52. The molecule has 1 aromatic carbocycles. The van der Waals surface area contributed by atoms with Gasteiger partial charge in [-0.3, -0.25) is 14.9 Å². The minimum Gasteiger partial charge on any atom is -0.451 e. The van der Waals surface area contributed by atoms with Crippen LogP contribution < -0.4 is 15.6 Å². The van der Waals surface area contributed by atoms with E-state index in [1.807, 2.05) is 19.2 Å². The Labute approximate surface area is 179 Å². The topological polar surface area (TPSA) is 117 Å². The second kappa shape index (κ2) is 10.7. The molecule has 1 aromatic rings. The third-order valence-corrected chi connectivity index (χ3v) is 4.16. The van der Waals surface area contributed by atoms with Gasteiger partial charge in [-0.05, 0) is 12.3 Å². The SMILES string of the molecule is CC(C)CCNC(=O)NC(=O)COC(=O)C1=NN(c2c(F)c(F)cc(F)c2F)C(=O)CC1. The first kappa shape index (κ1) is 24.8. The molecule has 4 amide bonds. The summed E-state index contributed by atoms with van der Waals surface area (Å²) < 4.78 is 59.6. The van der Waals surface area contributed by atoms with E-state index < -0.39 is 71.5 Å². The van der Waals surface area contributed by atoms with Crippen LogP contribution in [0.25, 0.3) is 0 Å². The lowest BCUT2D eigenvalue weighted by Gasteiger charge is -2.23. The molecule has 0 spiro atoms.